The summed E-state index contributed by atoms with van der Waals surface area (Å²) in [7, 11) is 0. The van der Waals surface area contributed by atoms with Gasteiger partial charge in [-0.3, -0.25) is 0 Å². The van der Waals surface area contributed by atoms with Crippen molar-refractivity contribution >= 4 is 27.8 Å². The Morgan fingerprint density at radius 3 is 2.77 bits per heavy atom. The third-order valence-corrected chi connectivity index (χ3v) is 3.79. The molecule has 0 saturated heterocycles. The van der Waals surface area contributed by atoms with Crippen molar-refractivity contribution in [2.45, 2.75) is 33.1 Å². The number of ether oxygens (including phenoxy) is 1. The molecule has 2 heterocycles. The number of para-hydroxylation sites is 1. The van der Waals surface area contributed by atoms with Crippen LogP contribution in [0.25, 0.3) is 21.8 Å². The summed E-state index contributed by atoms with van der Waals surface area (Å²) in [6.45, 7) is 6.56. The predicted molar refractivity (Wildman–Crippen MR) is 88.3 cm³/mol. The lowest BCUT2D eigenvalue weighted by atomic mass is 9.95. The molecule has 4 heteroatoms. The highest BCUT2D eigenvalue weighted by Crippen LogP contribution is 2.33. The Labute approximate surface area is 129 Å². The summed E-state index contributed by atoms with van der Waals surface area (Å²) in [6.07, 6.45) is 2.53. The molecule has 1 N–H and O–H groups in total. The van der Waals surface area contributed by atoms with E-state index < -0.39 is 0 Å². The topological polar surface area (TPSA) is 55.0 Å². The van der Waals surface area contributed by atoms with Gasteiger partial charge in [-0.25, -0.2) is 9.78 Å². The summed E-state index contributed by atoms with van der Waals surface area (Å²) in [5.74, 6) is -0.155. The van der Waals surface area contributed by atoms with E-state index in [1.165, 1.54) is 0 Å². The van der Waals surface area contributed by atoms with E-state index in [0.717, 1.165) is 33.8 Å². The molecule has 0 atom stereocenters. The molecule has 0 radical (unpaired) electrons. The van der Waals surface area contributed by atoms with E-state index in [1.54, 1.807) is 6.20 Å². The van der Waals surface area contributed by atoms with E-state index in [9.17, 15) is 4.79 Å². The van der Waals surface area contributed by atoms with Crippen LogP contribution in [0.15, 0.2) is 30.5 Å². The van der Waals surface area contributed by atoms with Gasteiger partial charge in [0.25, 0.3) is 0 Å². The molecule has 114 valence electrons. The minimum absolute atomic E-state index is 0.180. The van der Waals surface area contributed by atoms with Crippen LogP contribution >= 0.6 is 0 Å². The van der Waals surface area contributed by atoms with Crippen LogP contribution in [0.4, 0.5) is 0 Å². The number of pyridine rings is 1. The second kappa shape index (κ2) is 5.79. The van der Waals surface area contributed by atoms with Gasteiger partial charge in [-0.15, -0.1) is 0 Å². The Morgan fingerprint density at radius 2 is 2.05 bits per heavy atom. The maximum absolute atomic E-state index is 12.3. The predicted octanol–water partition coefficient (Wildman–Crippen LogP) is 4.41. The van der Waals surface area contributed by atoms with Crippen molar-refractivity contribution in [2.75, 3.05) is 6.61 Å². The standard InChI is InChI=1S/C18H20N2O2/c1-4-9-22-18(21)17-15(11(2)3)16-12-7-5-6-8-13(12)20-14(16)10-19-17/h5-8,10-11,20H,4,9H2,1-3H3. The first kappa shape index (κ1) is 14.6. The Balaban J connectivity index is 2.27. The van der Waals surface area contributed by atoms with Crippen molar-refractivity contribution in [1.82, 2.24) is 9.97 Å². The van der Waals surface area contributed by atoms with Crippen LogP contribution in [-0.4, -0.2) is 22.5 Å². The highest BCUT2D eigenvalue weighted by atomic mass is 16.5. The van der Waals surface area contributed by atoms with Crippen LogP contribution in [0.1, 0.15) is 49.2 Å². The highest BCUT2D eigenvalue weighted by molar-refractivity contribution is 6.11. The zero-order valence-corrected chi connectivity index (χ0v) is 13.1. The van der Waals surface area contributed by atoms with Gasteiger partial charge in [0.05, 0.1) is 18.3 Å². The lowest BCUT2D eigenvalue weighted by Gasteiger charge is -2.13. The average Bonchev–Trinajstić information content (AvgIpc) is 2.89. The molecule has 0 unspecified atom stereocenters. The van der Waals surface area contributed by atoms with Crippen molar-refractivity contribution in [3.63, 3.8) is 0 Å². The maximum atomic E-state index is 12.3. The first-order valence-corrected chi connectivity index (χ1v) is 7.70. The third-order valence-electron chi connectivity index (χ3n) is 3.79. The lowest BCUT2D eigenvalue weighted by molar-refractivity contribution is 0.0496. The second-order valence-corrected chi connectivity index (χ2v) is 5.77. The van der Waals surface area contributed by atoms with Gasteiger partial charge in [0.15, 0.2) is 5.69 Å². The van der Waals surface area contributed by atoms with Gasteiger partial charge in [0, 0.05) is 16.3 Å². The van der Waals surface area contributed by atoms with Gasteiger partial charge in [-0.2, -0.15) is 0 Å². The number of esters is 1. The molecule has 22 heavy (non-hydrogen) atoms. The molecule has 0 aliphatic heterocycles. The molecule has 1 aromatic carbocycles. The number of fused-ring (bicyclic) bond motifs is 3. The molecule has 0 amide bonds. The number of hydrogen-bond donors (Lipinski definition) is 1. The second-order valence-electron chi connectivity index (χ2n) is 5.77. The molecule has 0 aliphatic rings. The number of nitrogens with one attached hydrogen (secondary N) is 1. The molecule has 3 aromatic rings. The smallest absolute Gasteiger partial charge is 0.357 e. The van der Waals surface area contributed by atoms with Crippen molar-refractivity contribution in [3.05, 3.63) is 41.7 Å². The SMILES string of the molecule is CCCOC(=O)c1ncc2[nH]c3ccccc3c2c1C(C)C. The number of aromatic amines is 1. The van der Waals surface area contributed by atoms with Crippen LogP contribution in [0, 0.1) is 0 Å². The van der Waals surface area contributed by atoms with Crippen LogP contribution in [0.5, 0.6) is 0 Å². The molecule has 3 rings (SSSR count). The third kappa shape index (κ3) is 2.34. The van der Waals surface area contributed by atoms with E-state index >= 15 is 0 Å². The Kier molecular flexibility index (Phi) is 3.84. The van der Waals surface area contributed by atoms with Crippen molar-refractivity contribution in [2.24, 2.45) is 0 Å². The molecular formula is C18H20N2O2. The van der Waals surface area contributed by atoms with E-state index in [-0.39, 0.29) is 11.9 Å². The Morgan fingerprint density at radius 1 is 1.27 bits per heavy atom. The van der Waals surface area contributed by atoms with E-state index in [1.807, 2.05) is 25.1 Å². The van der Waals surface area contributed by atoms with Crippen LogP contribution < -0.4 is 0 Å². The molecule has 0 fully saturated rings. The minimum atomic E-state index is -0.335. The zero-order chi connectivity index (χ0) is 15.7. The maximum Gasteiger partial charge on any atom is 0.357 e. The number of H-pyrrole nitrogens is 1. The summed E-state index contributed by atoms with van der Waals surface area (Å²) in [5, 5.41) is 2.19. The van der Waals surface area contributed by atoms with E-state index in [4.69, 9.17) is 4.74 Å². The molecule has 0 bridgehead atoms. The lowest BCUT2D eigenvalue weighted by Crippen LogP contribution is -2.12. The van der Waals surface area contributed by atoms with Crippen molar-refractivity contribution < 1.29 is 9.53 Å². The van der Waals surface area contributed by atoms with Crippen LogP contribution in [-0.2, 0) is 4.74 Å². The number of hydrogen-bond acceptors (Lipinski definition) is 3. The van der Waals surface area contributed by atoms with E-state index in [0.29, 0.717) is 12.3 Å². The molecule has 2 aromatic heterocycles. The summed E-state index contributed by atoms with van der Waals surface area (Å²) in [4.78, 5) is 20.1. The first-order valence-electron chi connectivity index (χ1n) is 7.70. The van der Waals surface area contributed by atoms with Crippen LogP contribution in [0.2, 0.25) is 0 Å². The van der Waals surface area contributed by atoms with Gasteiger partial charge in [0.2, 0.25) is 0 Å². The fourth-order valence-electron chi connectivity index (χ4n) is 2.85. The Hall–Kier alpha value is -2.36. The molecular weight excluding hydrogens is 276 g/mol. The number of carbonyl (C=O) groups excluding carboxylic acids is 1. The van der Waals surface area contributed by atoms with Gasteiger partial charge < -0.3 is 9.72 Å². The van der Waals surface area contributed by atoms with Gasteiger partial charge in [-0.1, -0.05) is 39.0 Å². The summed E-state index contributed by atoms with van der Waals surface area (Å²) in [6, 6.07) is 8.11. The molecule has 0 aliphatic carbocycles. The largest absolute Gasteiger partial charge is 0.461 e. The van der Waals surface area contributed by atoms with Gasteiger partial charge >= 0.3 is 5.97 Å². The number of aromatic nitrogens is 2. The fourth-order valence-corrected chi connectivity index (χ4v) is 2.85. The van der Waals surface area contributed by atoms with Crippen molar-refractivity contribution in [3.8, 4) is 0 Å². The summed E-state index contributed by atoms with van der Waals surface area (Å²) in [5.41, 5.74) is 3.40. The minimum Gasteiger partial charge on any atom is -0.461 e. The quantitative estimate of drug-likeness (QED) is 0.726. The average molecular weight is 296 g/mol. The Bertz CT molecular complexity index is 834. The summed E-state index contributed by atoms with van der Waals surface area (Å²) >= 11 is 0. The molecule has 0 saturated carbocycles. The van der Waals surface area contributed by atoms with Crippen molar-refractivity contribution in [1.29, 1.82) is 0 Å². The molecule has 4 nitrogen and oxygen atoms in total. The first-order chi connectivity index (χ1) is 10.6. The summed E-state index contributed by atoms with van der Waals surface area (Å²) < 4.78 is 5.29. The molecule has 0 spiro atoms. The van der Waals surface area contributed by atoms with Gasteiger partial charge in [0.1, 0.15) is 0 Å². The van der Waals surface area contributed by atoms with E-state index in [2.05, 4.69) is 29.9 Å². The van der Waals surface area contributed by atoms with Gasteiger partial charge in [-0.05, 0) is 24.0 Å². The fraction of sp³-hybridized carbons (Fsp3) is 0.333. The normalized spacial score (nSPS) is 11.5. The zero-order valence-electron chi connectivity index (χ0n) is 13.1. The number of rotatable bonds is 4. The number of benzene rings is 1. The number of nitrogens with zero attached hydrogens (tertiary/aromatic N) is 1. The monoisotopic (exact) mass is 296 g/mol. The van der Waals surface area contributed by atoms with Crippen LogP contribution in [0.3, 0.4) is 0 Å². The highest BCUT2D eigenvalue weighted by Gasteiger charge is 2.22. The number of carbonyl (C=O) groups is 1.